The minimum atomic E-state index is -2.57. The Morgan fingerprint density at radius 2 is 1.96 bits per heavy atom. The first-order valence-corrected chi connectivity index (χ1v) is 7.86. The zero-order valence-electron chi connectivity index (χ0n) is 13.7. The van der Waals surface area contributed by atoms with Crippen LogP contribution in [0.1, 0.15) is 15.9 Å². The fourth-order valence-electron chi connectivity index (χ4n) is 2.25. The van der Waals surface area contributed by atoms with Gasteiger partial charge in [0.05, 0.1) is 11.3 Å². The molecule has 1 aromatic carbocycles. The third-order valence-electron chi connectivity index (χ3n) is 3.57. The van der Waals surface area contributed by atoms with Gasteiger partial charge in [0.25, 0.3) is 12.3 Å². The number of nitrogens with zero attached hydrogens (tertiary/aromatic N) is 2. The molecule has 1 amide bonds. The zero-order valence-corrected chi connectivity index (χ0v) is 13.7. The summed E-state index contributed by atoms with van der Waals surface area (Å²) in [5.41, 5.74) is 3.18. The van der Waals surface area contributed by atoms with Gasteiger partial charge >= 0.3 is 0 Å². The second-order valence-corrected chi connectivity index (χ2v) is 5.44. The number of alkyl halides is 2. The van der Waals surface area contributed by atoms with E-state index in [9.17, 15) is 13.6 Å². The number of aromatic amines is 1. The summed E-state index contributed by atoms with van der Waals surface area (Å²) in [5.74, 6) is -0.258. The molecule has 0 saturated heterocycles. The predicted octanol–water partition coefficient (Wildman–Crippen LogP) is 3.05. The Hall–Kier alpha value is -3.29. The quantitative estimate of drug-likeness (QED) is 0.680. The molecule has 0 atom stereocenters. The zero-order chi connectivity index (χ0) is 18.4. The number of carbonyl (C=O) groups excluding carboxylic acids is 1. The Morgan fingerprint density at radius 1 is 1.15 bits per heavy atom. The molecule has 0 saturated carbocycles. The van der Waals surface area contributed by atoms with Gasteiger partial charge in [-0.2, -0.15) is 5.10 Å². The van der Waals surface area contributed by atoms with Crippen LogP contribution >= 0.6 is 0 Å². The Kier molecular flexibility index (Phi) is 5.52. The topological polar surface area (TPSA) is 79.9 Å². The number of ether oxygens (including phenoxy) is 1. The van der Waals surface area contributed by atoms with Crippen LogP contribution in [0, 0.1) is 0 Å². The van der Waals surface area contributed by atoms with E-state index < -0.39 is 13.0 Å². The Balaban J connectivity index is 1.53. The molecular weight excluding hydrogens is 342 g/mol. The van der Waals surface area contributed by atoms with Crippen molar-refractivity contribution in [2.45, 2.75) is 13.0 Å². The van der Waals surface area contributed by atoms with Crippen molar-refractivity contribution < 1.29 is 18.3 Å². The molecule has 2 aromatic heterocycles. The third kappa shape index (κ3) is 4.62. The lowest BCUT2D eigenvalue weighted by Crippen LogP contribution is -2.22. The van der Waals surface area contributed by atoms with Crippen LogP contribution in [0.4, 0.5) is 8.78 Å². The number of pyridine rings is 1. The minimum absolute atomic E-state index is 0.0521. The molecule has 3 rings (SSSR count). The molecule has 2 heterocycles. The lowest BCUT2D eigenvalue weighted by molar-refractivity contribution is 0.0794. The second kappa shape index (κ2) is 8.19. The highest BCUT2D eigenvalue weighted by molar-refractivity contribution is 5.93. The van der Waals surface area contributed by atoms with E-state index in [2.05, 4.69) is 20.5 Å². The molecule has 8 heteroatoms. The summed E-state index contributed by atoms with van der Waals surface area (Å²) in [4.78, 5) is 16.0. The Bertz CT molecular complexity index is 835. The van der Waals surface area contributed by atoms with Gasteiger partial charge in [-0.25, -0.2) is 13.8 Å². The van der Waals surface area contributed by atoms with Gasteiger partial charge in [0, 0.05) is 25.0 Å². The maximum Gasteiger partial charge on any atom is 0.272 e. The summed E-state index contributed by atoms with van der Waals surface area (Å²) in [7, 11) is 0. The van der Waals surface area contributed by atoms with Gasteiger partial charge in [0.2, 0.25) is 5.88 Å². The van der Waals surface area contributed by atoms with E-state index in [0.29, 0.717) is 12.1 Å². The van der Waals surface area contributed by atoms with Gasteiger partial charge in [-0.1, -0.05) is 24.3 Å². The van der Waals surface area contributed by atoms with Crippen LogP contribution in [-0.4, -0.2) is 34.1 Å². The number of aromatic nitrogens is 3. The SMILES string of the molecule is O=C(NCc1ccc(-c2ccn[nH]2)cc1)c1ccc(OCC(F)F)nc1. The first-order valence-electron chi connectivity index (χ1n) is 7.86. The number of hydrogen-bond acceptors (Lipinski definition) is 4. The van der Waals surface area contributed by atoms with Gasteiger partial charge in [-0.15, -0.1) is 0 Å². The molecule has 0 unspecified atom stereocenters. The van der Waals surface area contributed by atoms with Gasteiger partial charge in [-0.05, 0) is 23.3 Å². The fourth-order valence-corrected chi connectivity index (χ4v) is 2.25. The van der Waals surface area contributed by atoms with Crippen molar-refractivity contribution in [1.29, 1.82) is 0 Å². The third-order valence-corrected chi connectivity index (χ3v) is 3.57. The number of rotatable bonds is 7. The van der Waals surface area contributed by atoms with Crippen LogP contribution in [-0.2, 0) is 6.54 Å². The summed E-state index contributed by atoms with van der Waals surface area (Å²) < 4.78 is 28.9. The molecule has 0 bridgehead atoms. The van der Waals surface area contributed by atoms with E-state index >= 15 is 0 Å². The Labute approximate surface area is 148 Å². The maximum absolute atomic E-state index is 12.1. The number of H-pyrrole nitrogens is 1. The highest BCUT2D eigenvalue weighted by atomic mass is 19.3. The van der Waals surface area contributed by atoms with E-state index in [4.69, 9.17) is 4.74 Å². The van der Waals surface area contributed by atoms with Crippen LogP contribution in [0.15, 0.2) is 54.9 Å². The van der Waals surface area contributed by atoms with Gasteiger partial charge in [0.15, 0.2) is 6.61 Å². The van der Waals surface area contributed by atoms with Gasteiger partial charge < -0.3 is 10.1 Å². The molecule has 0 spiro atoms. The first-order chi connectivity index (χ1) is 12.6. The molecule has 3 aromatic rings. The summed E-state index contributed by atoms with van der Waals surface area (Å²) in [6.45, 7) is -0.376. The van der Waals surface area contributed by atoms with Crippen molar-refractivity contribution in [2.75, 3.05) is 6.61 Å². The molecule has 0 fully saturated rings. The molecule has 134 valence electrons. The molecule has 26 heavy (non-hydrogen) atoms. The van der Waals surface area contributed by atoms with Crippen molar-refractivity contribution in [3.05, 3.63) is 66.0 Å². The van der Waals surface area contributed by atoms with E-state index in [0.717, 1.165) is 16.8 Å². The number of nitrogens with one attached hydrogen (secondary N) is 2. The van der Waals surface area contributed by atoms with Crippen LogP contribution in [0.3, 0.4) is 0 Å². The molecule has 0 aliphatic heterocycles. The number of halogens is 2. The molecule has 0 aliphatic carbocycles. The number of hydrogen-bond donors (Lipinski definition) is 2. The van der Waals surface area contributed by atoms with Gasteiger partial charge in [0.1, 0.15) is 0 Å². The summed E-state index contributed by atoms with van der Waals surface area (Å²) in [5, 5.41) is 9.57. The van der Waals surface area contributed by atoms with E-state index in [1.807, 2.05) is 30.3 Å². The van der Waals surface area contributed by atoms with Crippen LogP contribution in [0.5, 0.6) is 5.88 Å². The van der Waals surface area contributed by atoms with Crippen LogP contribution < -0.4 is 10.1 Å². The average Bonchev–Trinajstić information content (AvgIpc) is 3.20. The monoisotopic (exact) mass is 358 g/mol. The van der Waals surface area contributed by atoms with Crippen molar-refractivity contribution in [1.82, 2.24) is 20.5 Å². The Morgan fingerprint density at radius 3 is 2.58 bits per heavy atom. The van der Waals surface area contributed by atoms with Crippen molar-refractivity contribution in [3.8, 4) is 17.1 Å². The maximum atomic E-state index is 12.1. The number of carbonyl (C=O) groups is 1. The second-order valence-electron chi connectivity index (χ2n) is 5.44. The lowest BCUT2D eigenvalue weighted by Gasteiger charge is -2.07. The first kappa shape index (κ1) is 17.5. The molecule has 2 N–H and O–H groups in total. The largest absolute Gasteiger partial charge is 0.472 e. The molecule has 0 aliphatic rings. The standard InChI is InChI=1S/C18H16F2N4O2/c19-16(20)11-26-17-6-5-14(10-21-17)18(25)22-9-12-1-3-13(4-2-12)15-7-8-23-24-15/h1-8,10,16H,9,11H2,(H,22,25)(H,23,24). The fraction of sp³-hybridized carbons (Fsp3) is 0.167. The van der Waals surface area contributed by atoms with Crippen LogP contribution in [0.2, 0.25) is 0 Å². The van der Waals surface area contributed by atoms with E-state index in [-0.39, 0.29) is 11.8 Å². The highest BCUT2D eigenvalue weighted by Gasteiger charge is 2.08. The summed E-state index contributed by atoms with van der Waals surface area (Å²) in [6.07, 6.45) is 0.401. The summed E-state index contributed by atoms with van der Waals surface area (Å²) >= 11 is 0. The van der Waals surface area contributed by atoms with Crippen molar-refractivity contribution in [3.63, 3.8) is 0 Å². The highest BCUT2D eigenvalue weighted by Crippen LogP contribution is 2.16. The minimum Gasteiger partial charge on any atom is -0.472 e. The van der Waals surface area contributed by atoms with Crippen molar-refractivity contribution >= 4 is 5.91 Å². The average molecular weight is 358 g/mol. The predicted molar refractivity (Wildman–Crippen MR) is 90.9 cm³/mol. The number of benzene rings is 1. The normalized spacial score (nSPS) is 10.7. The van der Waals surface area contributed by atoms with Gasteiger partial charge in [-0.3, -0.25) is 9.89 Å². The van der Waals surface area contributed by atoms with E-state index in [1.165, 1.54) is 18.3 Å². The van der Waals surface area contributed by atoms with E-state index in [1.54, 1.807) is 6.20 Å². The molecular formula is C18H16F2N4O2. The smallest absolute Gasteiger partial charge is 0.272 e. The lowest BCUT2D eigenvalue weighted by atomic mass is 10.1. The summed E-state index contributed by atoms with van der Waals surface area (Å²) in [6, 6.07) is 12.4. The van der Waals surface area contributed by atoms with Crippen LogP contribution in [0.25, 0.3) is 11.3 Å². The van der Waals surface area contributed by atoms with Crippen molar-refractivity contribution in [2.24, 2.45) is 0 Å². The molecule has 6 nitrogen and oxygen atoms in total. The number of amides is 1. The molecule has 0 radical (unpaired) electrons.